The molecular formula is C19H20N2O6. The van der Waals surface area contributed by atoms with Gasteiger partial charge in [-0.2, -0.15) is 0 Å². The fraction of sp³-hybridized carbons (Fsp3) is 0.421. The SMILES string of the molecule is CC(C)(C)C(=O)COc1cccc2c1C(=O)N(C1CCC(=O)NC1=O)C2=O. The lowest BCUT2D eigenvalue weighted by Gasteiger charge is -2.27. The Morgan fingerprint density at radius 1 is 1.19 bits per heavy atom. The van der Waals surface area contributed by atoms with Crippen LogP contribution in [0, 0.1) is 5.41 Å². The maximum absolute atomic E-state index is 12.9. The lowest BCUT2D eigenvalue weighted by Crippen LogP contribution is -2.54. The number of amides is 4. The predicted octanol–water partition coefficient (Wildman–Crippen LogP) is 1.08. The maximum Gasteiger partial charge on any atom is 0.266 e. The highest BCUT2D eigenvalue weighted by atomic mass is 16.5. The minimum absolute atomic E-state index is 0.0360. The number of piperidine rings is 1. The van der Waals surface area contributed by atoms with Gasteiger partial charge in [-0.3, -0.25) is 34.2 Å². The molecule has 1 N–H and O–H groups in total. The molecule has 8 heteroatoms. The minimum Gasteiger partial charge on any atom is -0.485 e. The average Bonchev–Trinajstić information content (AvgIpc) is 2.84. The third-order valence-corrected chi connectivity index (χ3v) is 4.63. The number of rotatable bonds is 4. The van der Waals surface area contributed by atoms with Gasteiger partial charge in [-0.15, -0.1) is 0 Å². The van der Waals surface area contributed by atoms with Crippen molar-refractivity contribution in [2.45, 2.75) is 39.7 Å². The summed E-state index contributed by atoms with van der Waals surface area (Å²) in [6.45, 7) is 5.04. The first-order valence-corrected chi connectivity index (χ1v) is 8.62. The monoisotopic (exact) mass is 372 g/mol. The Morgan fingerprint density at radius 2 is 1.89 bits per heavy atom. The second-order valence-corrected chi connectivity index (χ2v) is 7.59. The molecular weight excluding hydrogens is 352 g/mol. The van der Waals surface area contributed by atoms with Crippen molar-refractivity contribution >= 4 is 29.4 Å². The Kier molecular flexibility index (Phi) is 4.59. The van der Waals surface area contributed by atoms with E-state index in [0.29, 0.717) is 0 Å². The number of fused-ring (bicyclic) bond motifs is 1. The smallest absolute Gasteiger partial charge is 0.266 e. The van der Waals surface area contributed by atoms with Crippen molar-refractivity contribution in [1.29, 1.82) is 0 Å². The molecule has 4 amide bonds. The van der Waals surface area contributed by atoms with Crippen LogP contribution in [0.5, 0.6) is 5.75 Å². The van der Waals surface area contributed by atoms with Crippen molar-refractivity contribution in [2.24, 2.45) is 5.41 Å². The molecule has 0 bridgehead atoms. The molecule has 27 heavy (non-hydrogen) atoms. The topological polar surface area (TPSA) is 110 Å². The molecule has 3 rings (SSSR count). The van der Waals surface area contributed by atoms with Crippen molar-refractivity contribution in [3.8, 4) is 5.75 Å². The van der Waals surface area contributed by atoms with Gasteiger partial charge in [-0.1, -0.05) is 26.8 Å². The van der Waals surface area contributed by atoms with Gasteiger partial charge in [0.2, 0.25) is 11.8 Å². The quantitative estimate of drug-likeness (QED) is 0.792. The zero-order valence-corrected chi connectivity index (χ0v) is 15.3. The van der Waals surface area contributed by atoms with E-state index in [1.54, 1.807) is 26.8 Å². The van der Waals surface area contributed by atoms with Gasteiger partial charge in [0.05, 0.1) is 11.1 Å². The first-order chi connectivity index (χ1) is 12.6. The fourth-order valence-electron chi connectivity index (χ4n) is 2.96. The zero-order valence-electron chi connectivity index (χ0n) is 15.3. The Hall–Kier alpha value is -3.03. The maximum atomic E-state index is 12.9. The van der Waals surface area contributed by atoms with Gasteiger partial charge in [0.25, 0.3) is 11.8 Å². The Balaban J connectivity index is 1.87. The molecule has 1 fully saturated rings. The van der Waals surface area contributed by atoms with Crippen LogP contribution in [0.1, 0.15) is 54.3 Å². The molecule has 8 nitrogen and oxygen atoms in total. The largest absolute Gasteiger partial charge is 0.485 e. The number of nitrogens with zero attached hydrogens (tertiary/aromatic N) is 1. The van der Waals surface area contributed by atoms with E-state index < -0.39 is 35.1 Å². The van der Waals surface area contributed by atoms with Crippen molar-refractivity contribution in [3.05, 3.63) is 29.3 Å². The van der Waals surface area contributed by atoms with Gasteiger partial charge < -0.3 is 4.74 Å². The van der Waals surface area contributed by atoms with Crippen LogP contribution in [-0.4, -0.2) is 47.0 Å². The molecule has 0 aromatic heterocycles. The van der Waals surface area contributed by atoms with Gasteiger partial charge in [0.1, 0.15) is 18.4 Å². The Bertz CT molecular complexity index is 867. The molecule has 0 aliphatic carbocycles. The second kappa shape index (κ2) is 6.61. The summed E-state index contributed by atoms with van der Waals surface area (Å²) in [6, 6.07) is 3.49. The molecule has 2 aliphatic heterocycles. The van der Waals surface area contributed by atoms with Crippen LogP contribution in [0.2, 0.25) is 0 Å². The highest BCUT2D eigenvalue weighted by molar-refractivity contribution is 6.24. The summed E-state index contributed by atoms with van der Waals surface area (Å²) in [5, 5.41) is 2.15. The predicted molar refractivity (Wildman–Crippen MR) is 93.1 cm³/mol. The van der Waals surface area contributed by atoms with Gasteiger partial charge in [-0.25, -0.2) is 0 Å². The third kappa shape index (κ3) is 3.34. The number of nitrogens with one attached hydrogen (secondary N) is 1. The molecule has 0 radical (unpaired) electrons. The number of ether oxygens (including phenoxy) is 1. The Morgan fingerprint density at radius 3 is 2.52 bits per heavy atom. The molecule has 1 atom stereocenters. The number of hydrogen-bond donors (Lipinski definition) is 1. The normalized spacial score (nSPS) is 19.8. The van der Waals surface area contributed by atoms with Gasteiger partial charge in [0, 0.05) is 11.8 Å². The molecule has 1 aromatic rings. The van der Waals surface area contributed by atoms with Crippen molar-refractivity contribution < 1.29 is 28.7 Å². The average molecular weight is 372 g/mol. The molecule has 1 unspecified atom stereocenters. The highest BCUT2D eigenvalue weighted by Gasteiger charge is 2.46. The molecule has 2 heterocycles. The van der Waals surface area contributed by atoms with Gasteiger partial charge >= 0.3 is 0 Å². The van der Waals surface area contributed by atoms with E-state index >= 15 is 0 Å². The summed E-state index contributed by atoms with van der Waals surface area (Å²) in [5.74, 6) is -2.42. The van der Waals surface area contributed by atoms with E-state index in [1.807, 2.05) is 0 Å². The molecule has 1 saturated heterocycles. The number of imide groups is 2. The summed E-state index contributed by atoms with van der Waals surface area (Å²) < 4.78 is 5.53. The first kappa shape index (κ1) is 18.8. The van der Waals surface area contributed by atoms with Crippen LogP contribution in [0.15, 0.2) is 18.2 Å². The third-order valence-electron chi connectivity index (χ3n) is 4.63. The molecule has 1 aromatic carbocycles. The molecule has 0 spiro atoms. The number of benzene rings is 1. The lowest BCUT2D eigenvalue weighted by molar-refractivity contribution is -0.136. The van der Waals surface area contributed by atoms with Crippen LogP contribution < -0.4 is 10.1 Å². The van der Waals surface area contributed by atoms with Gasteiger partial charge in [0.15, 0.2) is 5.78 Å². The van der Waals surface area contributed by atoms with E-state index in [-0.39, 0.29) is 42.1 Å². The van der Waals surface area contributed by atoms with Crippen LogP contribution in [0.4, 0.5) is 0 Å². The first-order valence-electron chi connectivity index (χ1n) is 8.62. The molecule has 2 aliphatic rings. The summed E-state index contributed by atoms with van der Waals surface area (Å²) >= 11 is 0. The Labute approximate surface area is 155 Å². The van der Waals surface area contributed by atoms with E-state index in [1.165, 1.54) is 12.1 Å². The van der Waals surface area contributed by atoms with E-state index in [0.717, 1.165) is 4.90 Å². The minimum atomic E-state index is -1.04. The summed E-state index contributed by atoms with van der Waals surface area (Å²) in [7, 11) is 0. The van der Waals surface area contributed by atoms with Crippen LogP contribution in [0.3, 0.4) is 0 Å². The van der Waals surface area contributed by atoms with Gasteiger partial charge in [-0.05, 0) is 18.6 Å². The molecule has 142 valence electrons. The number of ketones is 1. The molecule has 0 saturated carbocycles. The van der Waals surface area contributed by atoms with Crippen LogP contribution in [-0.2, 0) is 14.4 Å². The van der Waals surface area contributed by atoms with E-state index in [9.17, 15) is 24.0 Å². The summed E-state index contributed by atoms with van der Waals surface area (Å²) in [6.07, 6.45) is 0.127. The summed E-state index contributed by atoms with van der Waals surface area (Å²) in [5.41, 5.74) is -0.449. The van der Waals surface area contributed by atoms with Crippen LogP contribution >= 0.6 is 0 Å². The number of hydrogen-bond acceptors (Lipinski definition) is 6. The standard InChI is InChI=1S/C19H20N2O6/c1-19(2,3)13(22)9-27-12-6-4-5-10-15(12)18(26)21(17(10)25)11-7-8-14(23)20-16(11)24/h4-6,11H,7-9H2,1-3H3,(H,20,23,24). The van der Waals surface area contributed by atoms with E-state index in [4.69, 9.17) is 4.74 Å². The number of carbonyl (C=O) groups excluding carboxylic acids is 5. The lowest BCUT2D eigenvalue weighted by atomic mass is 9.91. The van der Waals surface area contributed by atoms with Crippen molar-refractivity contribution in [2.75, 3.05) is 6.61 Å². The van der Waals surface area contributed by atoms with E-state index in [2.05, 4.69) is 5.32 Å². The highest BCUT2D eigenvalue weighted by Crippen LogP contribution is 2.33. The number of carbonyl (C=O) groups is 5. The number of Topliss-reactive ketones (excluding diaryl/α,β-unsaturated/α-hetero) is 1. The zero-order chi connectivity index (χ0) is 19.9. The summed E-state index contributed by atoms with van der Waals surface area (Å²) in [4.78, 5) is 62.0. The second-order valence-electron chi connectivity index (χ2n) is 7.59. The van der Waals surface area contributed by atoms with Crippen LogP contribution in [0.25, 0.3) is 0 Å². The van der Waals surface area contributed by atoms with Crippen molar-refractivity contribution in [1.82, 2.24) is 10.2 Å². The van der Waals surface area contributed by atoms with Crippen molar-refractivity contribution in [3.63, 3.8) is 0 Å². The fourth-order valence-corrected chi connectivity index (χ4v) is 2.96.